The van der Waals surface area contributed by atoms with Gasteiger partial charge in [0.1, 0.15) is 6.04 Å². The van der Waals surface area contributed by atoms with E-state index in [9.17, 15) is 18.0 Å². The van der Waals surface area contributed by atoms with Gasteiger partial charge in [-0.1, -0.05) is 17.7 Å². The van der Waals surface area contributed by atoms with Gasteiger partial charge in [0, 0.05) is 5.54 Å². The highest BCUT2D eigenvalue weighted by atomic mass is 32.2. The van der Waals surface area contributed by atoms with E-state index < -0.39 is 28.0 Å². The van der Waals surface area contributed by atoms with Gasteiger partial charge in [-0.3, -0.25) is 9.59 Å². The van der Waals surface area contributed by atoms with Crippen molar-refractivity contribution >= 4 is 21.8 Å². The molecule has 2 unspecified atom stereocenters. The van der Waals surface area contributed by atoms with Crippen LogP contribution in [0.2, 0.25) is 0 Å². The van der Waals surface area contributed by atoms with E-state index in [4.69, 9.17) is 0 Å². The first kappa shape index (κ1) is 22.3. The Bertz CT molecular complexity index is 922. The second kappa shape index (κ2) is 8.20. The van der Waals surface area contributed by atoms with Crippen LogP contribution in [-0.2, 0) is 19.6 Å². The number of amides is 2. The summed E-state index contributed by atoms with van der Waals surface area (Å²) in [5.74, 6) is 1.43. The van der Waals surface area contributed by atoms with Crippen molar-refractivity contribution in [2.45, 2.75) is 81.8 Å². The fraction of sp³-hybridized carbons (Fsp3) is 0.652. The van der Waals surface area contributed by atoms with Crippen LogP contribution in [0.25, 0.3) is 0 Å². The first-order chi connectivity index (χ1) is 14.6. The SMILES string of the molecule is Cc1ccc(S(=O)(=O)NC(C)C(=O)NC(C)C(=O)NC23CC4CC(CC(C4)C2)C3)cc1. The zero-order chi connectivity index (χ0) is 22.4. The number of carbonyl (C=O) groups excluding carboxylic acids is 2. The van der Waals surface area contributed by atoms with E-state index >= 15 is 0 Å². The number of aryl methyl sites for hydroxylation is 1. The van der Waals surface area contributed by atoms with Crippen LogP contribution in [-0.4, -0.2) is 37.9 Å². The zero-order valence-corrected chi connectivity index (χ0v) is 19.3. The first-order valence-corrected chi connectivity index (χ1v) is 12.7. The molecule has 4 aliphatic carbocycles. The van der Waals surface area contributed by atoms with Crippen molar-refractivity contribution in [2.75, 3.05) is 0 Å². The topological polar surface area (TPSA) is 104 Å². The van der Waals surface area contributed by atoms with E-state index in [1.54, 1.807) is 19.1 Å². The van der Waals surface area contributed by atoms with Gasteiger partial charge in [-0.15, -0.1) is 0 Å². The van der Waals surface area contributed by atoms with Crippen LogP contribution in [0.5, 0.6) is 0 Å². The van der Waals surface area contributed by atoms with Crippen LogP contribution in [0.4, 0.5) is 0 Å². The van der Waals surface area contributed by atoms with Crippen LogP contribution in [0.3, 0.4) is 0 Å². The molecule has 2 amide bonds. The summed E-state index contributed by atoms with van der Waals surface area (Å²) in [6.07, 6.45) is 6.99. The lowest BCUT2D eigenvalue weighted by molar-refractivity contribution is -0.132. The molecule has 1 aromatic rings. The molecular weight excluding hydrogens is 414 g/mol. The summed E-state index contributed by atoms with van der Waals surface area (Å²) in [6.45, 7) is 5.00. The minimum Gasteiger partial charge on any atom is -0.349 e. The predicted octanol–water partition coefficient (Wildman–Crippen LogP) is 2.25. The largest absolute Gasteiger partial charge is 0.349 e. The summed E-state index contributed by atoms with van der Waals surface area (Å²) in [5.41, 5.74) is 0.826. The second-order valence-corrected chi connectivity index (χ2v) is 11.8. The summed E-state index contributed by atoms with van der Waals surface area (Å²) in [7, 11) is -3.83. The van der Waals surface area contributed by atoms with Crippen LogP contribution in [0.15, 0.2) is 29.2 Å². The molecule has 170 valence electrons. The van der Waals surface area contributed by atoms with Gasteiger partial charge >= 0.3 is 0 Å². The lowest BCUT2D eigenvalue weighted by atomic mass is 9.53. The number of nitrogens with one attached hydrogen (secondary N) is 3. The Morgan fingerprint density at radius 1 is 0.903 bits per heavy atom. The zero-order valence-electron chi connectivity index (χ0n) is 18.5. The van der Waals surface area contributed by atoms with E-state index in [2.05, 4.69) is 15.4 Å². The maximum atomic E-state index is 12.9. The van der Waals surface area contributed by atoms with Crippen molar-refractivity contribution in [3.05, 3.63) is 29.8 Å². The molecule has 31 heavy (non-hydrogen) atoms. The molecule has 5 rings (SSSR count). The van der Waals surface area contributed by atoms with Crippen molar-refractivity contribution < 1.29 is 18.0 Å². The monoisotopic (exact) mass is 447 g/mol. The van der Waals surface area contributed by atoms with Crippen LogP contribution < -0.4 is 15.4 Å². The first-order valence-electron chi connectivity index (χ1n) is 11.3. The summed E-state index contributed by atoms with van der Waals surface area (Å²) < 4.78 is 27.4. The molecule has 0 aromatic heterocycles. The Kier molecular flexibility index (Phi) is 5.89. The van der Waals surface area contributed by atoms with Gasteiger partial charge in [0.05, 0.1) is 10.9 Å². The predicted molar refractivity (Wildman–Crippen MR) is 118 cm³/mol. The minimum atomic E-state index is -3.83. The van der Waals surface area contributed by atoms with Gasteiger partial charge in [-0.05, 0) is 89.2 Å². The van der Waals surface area contributed by atoms with Gasteiger partial charge in [-0.25, -0.2) is 8.42 Å². The molecule has 0 radical (unpaired) electrons. The van der Waals surface area contributed by atoms with Gasteiger partial charge in [-0.2, -0.15) is 4.72 Å². The van der Waals surface area contributed by atoms with E-state index in [0.717, 1.165) is 24.8 Å². The van der Waals surface area contributed by atoms with Crippen molar-refractivity contribution in [2.24, 2.45) is 17.8 Å². The van der Waals surface area contributed by atoms with E-state index in [0.29, 0.717) is 17.8 Å². The summed E-state index contributed by atoms with van der Waals surface area (Å²) in [6, 6.07) is 4.69. The molecule has 4 aliphatic rings. The molecule has 0 spiro atoms. The quantitative estimate of drug-likeness (QED) is 0.596. The van der Waals surface area contributed by atoms with Crippen LogP contribution in [0, 0.1) is 24.7 Å². The normalized spacial score (nSPS) is 31.1. The summed E-state index contributed by atoms with van der Waals surface area (Å²) in [5, 5.41) is 5.92. The molecule has 3 N–H and O–H groups in total. The number of carbonyl (C=O) groups is 2. The Balaban J connectivity index is 1.32. The summed E-state index contributed by atoms with van der Waals surface area (Å²) in [4.78, 5) is 25.5. The van der Waals surface area contributed by atoms with Gasteiger partial charge in [0.25, 0.3) is 0 Å². The van der Waals surface area contributed by atoms with E-state index in [1.807, 2.05) is 6.92 Å². The number of sulfonamides is 1. The standard InChI is InChI=1S/C23H33N3O4S/c1-14-4-6-20(7-5-14)31(29,30)26-16(3)21(27)24-15(2)22(28)25-23-11-17-8-18(12-23)10-19(9-17)13-23/h4-7,15-19,26H,8-13H2,1-3H3,(H,24,27)(H,25,28). The lowest BCUT2D eigenvalue weighted by Gasteiger charge is -2.57. The van der Waals surface area contributed by atoms with Gasteiger partial charge in [0.15, 0.2) is 0 Å². The number of benzene rings is 1. The smallest absolute Gasteiger partial charge is 0.242 e. The Morgan fingerprint density at radius 2 is 1.42 bits per heavy atom. The third kappa shape index (κ3) is 4.80. The highest BCUT2D eigenvalue weighted by Crippen LogP contribution is 2.55. The molecule has 0 heterocycles. The molecule has 4 fully saturated rings. The maximum absolute atomic E-state index is 12.9. The van der Waals surface area contributed by atoms with Crippen molar-refractivity contribution in [1.29, 1.82) is 0 Å². The van der Waals surface area contributed by atoms with Crippen LogP contribution >= 0.6 is 0 Å². The summed E-state index contributed by atoms with van der Waals surface area (Å²) >= 11 is 0. The molecule has 4 bridgehead atoms. The molecule has 0 saturated heterocycles. The molecular formula is C23H33N3O4S. The fourth-order valence-corrected chi connectivity index (χ4v) is 7.31. The highest BCUT2D eigenvalue weighted by Gasteiger charge is 2.51. The van der Waals surface area contributed by atoms with E-state index in [1.165, 1.54) is 38.3 Å². The Morgan fingerprint density at radius 3 is 1.94 bits per heavy atom. The molecule has 1 aromatic carbocycles. The molecule has 8 heteroatoms. The third-order valence-corrected chi connectivity index (χ3v) is 8.79. The number of hydrogen-bond acceptors (Lipinski definition) is 4. The Hall–Kier alpha value is -1.93. The fourth-order valence-electron chi connectivity index (χ4n) is 6.11. The number of hydrogen-bond donors (Lipinski definition) is 3. The van der Waals surface area contributed by atoms with E-state index in [-0.39, 0.29) is 16.3 Å². The average molecular weight is 448 g/mol. The number of rotatable bonds is 7. The lowest BCUT2D eigenvalue weighted by Crippen LogP contribution is -2.62. The molecule has 0 aliphatic heterocycles. The van der Waals surface area contributed by atoms with Gasteiger partial charge in [0.2, 0.25) is 21.8 Å². The highest BCUT2D eigenvalue weighted by molar-refractivity contribution is 7.89. The minimum absolute atomic E-state index is 0.102. The van der Waals surface area contributed by atoms with Crippen molar-refractivity contribution in [3.8, 4) is 0 Å². The third-order valence-electron chi connectivity index (χ3n) is 7.24. The Labute approximate surface area is 184 Å². The molecule has 4 saturated carbocycles. The second-order valence-electron chi connectivity index (χ2n) is 10.1. The van der Waals surface area contributed by atoms with Crippen LogP contribution in [0.1, 0.15) is 57.9 Å². The van der Waals surface area contributed by atoms with Crippen molar-refractivity contribution in [1.82, 2.24) is 15.4 Å². The average Bonchev–Trinajstić information content (AvgIpc) is 2.66. The maximum Gasteiger partial charge on any atom is 0.242 e. The van der Waals surface area contributed by atoms with Crippen molar-refractivity contribution in [3.63, 3.8) is 0 Å². The molecule has 2 atom stereocenters. The molecule has 7 nitrogen and oxygen atoms in total. The van der Waals surface area contributed by atoms with Gasteiger partial charge < -0.3 is 10.6 Å².